The largest absolute Gasteiger partial charge is 0.434 e. The van der Waals surface area contributed by atoms with Crippen LogP contribution in [-0.2, 0) is 6.54 Å². The average Bonchev–Trinajstić information content (AvgIpc) is 2.93. The Labute approximate surface area is 134 Å². The third-order valence-electron chi connectivity index (χ3n) is 4.10. The van der Waals surface area contributed by atoms with E-state index in [0.717, 1.165) is 31.7 Å². The molecule has 2 fully saturated rings. The number of likely N-dealkylation sites (tertiary alicyclic amines) is 1. The highest BCUT2D eigenvalue weighted by molar-refractivity contribution is 6.30. The molecule has 0 aromatic heterocycles. The van der Waals surface area contributed by atoms with Gasteiger partial charge in [-0.05, 0) is 43.1 Å². The lowest BCUT2D eigenvalue weighted by Gasteiger charge is -2.19. The summed E-state index contributed by atoms with van der Waals surface area (Å²) in [5.41, 5.74) is 0.728. The molecular weight excluding hydrogens is 321 g/mol. The molecule has 2 aliphatic heterocycles. The summed E-state index contributed by atoms with van der Waals surface area (Å²) in [6, 6.07) is 4.80. The minimum absolute atomic E-state index is 0. The molecule has 0 unspecified atom stereocenters. The van der Waals surface area contributed by atoms with Gasteiger partial charge in [0.15, 0.2) is 0 Å². The van der Waals surface area contributed by atoms with E-state index in [0.29, 0.717) is 23.4 Å². The van der Waals surface area contributed by atoms with Crippen molar-refractivity contribution in [1.29, 1.82) is 0 Å². The normalized spacial score (nSPS) is 25.0. The Kier molecular flexibility index (Phi) is 5.66. The first-order valence-corrected chi connectivity index (χ1v) is 7.16. The quantitative estimate of drug-likeness (QED) is 0.913. The number of hydrogen-bond donors (Lipinski definition) is 1. The van der Waals surface area contributed by atoms with Crippen LogP contribution < -0.4 is 10.1 Å². The van der Waals surface area contributed by atoms with Crippen molar-refractivity contribution < 1.29 is 13.5 Å². The highest BCUT2D eigenvalue weighted by atomic mass is 35.5. The number of nitrogens with one attached hydrogen (secondary N) is 1. The molecular formula is C14H18Cl2F2N2O. The maximum atomic E-state index is 12.4. The zero-order valence-corrected chi connectivity index (χ0v) is 13.0. The van der Waals surface area contributed by atoms with Gasteiger partial charge in [-0.1, -0.05) is 11.6 Å². The van der Waals surface area contributed by atoms with E-state index in [4.69, 9.17) is 11.6 Å². The molecule has 21 heavy (non-hydrogen) atoms. The van der Waals surface area contributed by atoms with Crippen molar-refractivity contribution >= 4 is 24.0 Å². The predicted molar refractivity (Wildman–Crippen MR) is 80.5 cm³/mol. The van der Waals surface area contributed by atoms with Gasteiger partial charge in [-0.2, -0.15) is 8.78 Å². The molecule has 1 N–H and O–H groups in total. The molecule has 1 aromatic rings. The molecule has 2 atom stereocenters. The van der Waals surface area contributed by atoms with Crippen LogP contribution in [-0.4, -0.2) is 37.7 Å². The van der Waals surface area contributed by atoms with Crippen LogP contribution in [0, 0.1) is 11.8 Å². The van der Waals surface area contributed by atoms with E-state index in [-0.39, 0.29) is 18.2 Å². The SMILES string of the molecule is Cl.FC(F)Oc1ccc(Cl)cc1CN1C[C@H]2CNC[C@H]2C1. The van der Waals surface area contributed by atoms with Crippen molar-refractivity contribution in [2.45, 2.75) is 13.2 Å². The summed E-state index contributed by atoms with van der Waals surface area (Å²) in [7, 11) is 0. The molecule has 7 heteroatoms. The Hall–Kier alpha value is -0.620. The molecule has 118 valence electrons. The van der Waals surface area contributed by atoms with E-state index >= 15 is 0 Å². The number of ether oxygens (including phenoxy) is 1. The van der Waals surface area contributed by atoms with E-state index < -0.39 is 6.61 Å². The molecule has 0 bridgehead atoms. The third-order valence-corrected chi connectivity index (χ3v) is 4.33. The lowest BCUT2D eigenvalue weighted by Crippen LogP contribution is -2.25. The lowest BCUT2D eigenvalue weighted by molar-refractivity contribution is -0.0507. The highest BCUT2D eigenvalue weighted by Crippen LogP contribution is 2.31. The number of rotatable bonds is 4. The second-order valence-electron chi connectivity index (χ2n) is 5.50. The molecule has 3 rings (SSSR count). The molecule has 0 spiro atoms. The molecule has 0 saturated carbocycles. The van der Waals surface area contributed by atoms with Crippen molar-refractivity contribution in [2.75, 3.05) is 26.2 Å². The van der Waals surface area contributed by atoms with Gasteiger partial charge < -0.3 is 10.1 Å². The van der Waals surface area contributed by atoms with Crippen LogP contribution >= 0.6 is 24.0 Å². The number of nitrogens with zero attached hydrogens (tertiary/aromatic N) is 1. The fourth-order valence-electron chi connectivity index (χ4n) is 3.21. The Bertz CT molecular complexity index is 478. The summed E-state index contributed by atoms with van der Waals surface area (Å²) in [5.74, 6) is 1.57. The first kappa shape index (κ1) is 16.7. The molecule has 0 amide bonds. The second-order valence-corrected chi connectivity index (χ2v) is 5.94. The third kappa shape index (κ3) is 3.97. The molecule has 3 nitrogen and oxygen atoms in total. The van der Waals surface area contributed by atoms with Crippen LogP contribution in [0.5, 0.6) is 5.75 Å². The predicted octanol–water partition coefficient (Wildman–Crippen LogP) is 3.01. The smallest absolute Gasteiger partial charge is 0.387 e. The van der Waals surface area contributed by atoms with E-state index in [1.807, 2.05) is 0 Å². The number of alkyl halides is 2. The topological polar surface area (TPSA) is 24.5 Å². The van der Waals surface area contributed by atoms with Crippen LogP contribution in [0.3, 0.4) is 0 Å². The molecule has 2 saturated heterocycles. The number of fused-ring (bicyclic) bond motifs is 1. The second kappa shape index (κ2) is 7.09. The zero-order chi connectivity index (χ0) is 14.1. The minimum atomic E-state index is -2.81. The first-order chi connectivity index (χ1) is 9.61. The fourth-order valence-corrected chi connectivity index (χ4v) is 3.40. The summed E-state index contributed by atoms with van der Waals surface area (Å²) >= 11 is 5.96. The van der Waals surface area contributed by atoms with Crippen molar-refractivity contribution in [3.05, 3.63) is 28.8 Å². The van der Waals surface area contributed by atoms with Crippen LogP contribution in [0.1, 0.15) is 5.56 Å². The summed E-state index contributed by atoms with van der Waals surface area (Å²) in [4.78, 5) is 2.29. The Balaban J connectivity index is 0.00000161. The van der Waals surface area contributed by atoms with Gasteiger partial charge in [0.05, 0.1) is 0 Å². The fraction of sp³-hybridized carbons (Fsp3) is 0.571. The molecule has 0 aliphatic carbocycles. The van der Waals surface area contributed by atoms with E-state index in [9.17, 15) is 8.78 Å². The van der Waals surface area contributed by atoms with Gasteiger partial charge >= 0.3 is 6.61 Å². The van der Waals surface area contributed by atoms with Crippen LogP contribution in [0.15, 0.2) is 18.2 Å². The zero-order valence-electron chi connectivity index (χ0n) is 11.4. The van der Waals surface area contributed by atoms with Crippen molar-refractivity contribution in [3.8, 4) is 5.75 Å². The van der Waals surface area contributed by atoms with Crippen LogP contribution in [0.2, 0.25) is 5.02 Å². The molecule has 2 heterocycles. The summed E-state index contributed by atoms with van der Waals surface area (Å²) < 4.78 is 29.4. The Morgan fingerprint density at radius 2 is 1.95 bits per heavy atom. The molecule has 2 aliphatic rings. The maximum Gasteiger partial charge on any atom is 0.387 e. The minimum Gasteiger partial charge on any atom is -0.434 e. The van der Waals surface area contributed by atoms with Gasteiger partial charge in [-0.25, -0.2) is 0 Å². The van der Waals surface area contributed by atoms with Crippen molar-refractivity contribution in [1.82, 2.24) is 10.2 Å². The van der Waals surface area contributed by atoms with Crippen LogP contribution in [0.4, 0.5) is 8.78 Å². The summed E-state index contributed by atoms with van der Waals surface area (Å²) in [6.45, 7) is 1.90. The van der Waals surface area contributed by atoms with Gasteiger partial charge in [0.25, 0.3) is 0 Å². The van der Waals surface area contributed by atoms with E-state index in [1.54, 1.807) is 12.1 Å². The van der Waals surface area contributed by atoms with Gasteiger partial charge in [-0.15, -0.1) is 12.4 Å². The summed E-state index contributed by atoms with van der Waals surface area (Å²) in [6.07, 6.45) is 0. The Morgan fingerprint density at radius 3 is 2.57 bits per heavy atom. The first-order valence-electron chi connectivity index (χ1n) is 6.78. The standard InChI is InChI=1S/C14H17ClF2N2O.ClH/c15-12-1-2-13(20-14(16)17)9(3-12)6-19-7-10-4-18-5-11(10)8-19;/h1-3,10-11,14,18H,4-8H2;1H/t10-,11+;. The Morgan fingerprint density at radius 1 is 1.29 bits per heavy atom. The lowest BCUT2D eigenvalue weighted by atomic mass is 10.0. The van der Waals surface area contributed by atoms with E-state index in [1.165, 1.54) is 6.07 Å². The summed E-state index contributed by atoms with van der Waals surface area (Å²) in [5, 5.41) is 3.93. The highest BCUT2D eigenvalue weighted by Gasteiger charge is 2.36. The van der Waals surface area contributed by atoms with Gasteiger partial charge in [0, 0.05) is 30.2 Å². The van der Waals surface area contributed by atoms with Gasteiger partial charge in [0.1, 0.15) is 5.75 Å². The number of hydrogen-bond acceptors (Lipinski definition) is 3. The average molecular weight is 339 g/mol. The van der Waals surface area contributed by atoms with Crippen molar-refractivity contribution in [2.24, 2.45) is 11.8 Å². The molecule has 1 aromatic carbocycles. The maximum absolute atomic E-state index is 12.4. The van der Waals surface area contributed by atoms with Gasteiger partial charge in [-0.3, -0.25) is 4.90 Å². The number of halogens is 4. The molecule has 0 radical (unpaired) electrons. The monoisotopic (exact) mass is 338 g/mol. The van der Waals surface area contributed by atoms with Gasteiger partial charge in [0.2, 0.25) is 0 Å². The van der Waals surface area contributed by atoms with Crippen molar-refractivity contribution in [3.63, 3.8) is 0 Å². The number of benzene rings is 1. The van der Waals surface area contributed by atoms with E-state index in [2.05, 4.69) is 15.0 Å². The van der Waals surface area contributed by atoms with Crippen LogP contribution in [0.25, 0.3) is 0 Å².